The summed E-state index contributed by atoms with van der Waals surface area (Å²) in [7, 11) is 4.17. The first-order chi connectivity index (χ1) is 7.34. The largest absolute Gasteiger partial charge is 0.373 e. The van der Waals surface area contributed by atoms with Gasteiger partial charge in [0.2, 0.25) is 0 Å². The van der Waals surface area contributed by atoms with Crippen LogP contribution in [0, 0.1) is 5.41 Å². The number of carbonyl (C=O) groups is 1. The van der Waals surface area contributed by atoms with Crippen LogP contribution in [0.3, 0.4) is 0 Å². The maximum atomic E-state index is 11.5. The predicted molar refractivity (Wildman–Crippen MR) is 63.8 cm³/mol. The van der Waals surface area contributed by atoms with Crippen LogP contribution in [0.15, 0.2) is 0 Å². The highest BCUT2D eigenvalue weighted by Crippen LogP contribution is 2.14. The lowest BCUT2D eigenvalue weighted by Crippen LogP contribution is -3.06. The molecule has 0 aromatic rings. The minimum atomic E-state index is -0.310. The molecular weight excluding hydrogens is 206 g/mol. The van der Waals surface area contributed by atoms with Crippen LogP contribution in [0.4, 0.5) is 0 Å². The van der Waals surface area contributed by atoms with Gasteiger partial charge < -0.3 is 14.4 Å². The maximum Gasteiger partial charge on any atom is 0.163 e. The van der Waals surface area contributed by atoms with E-state index in [0.29, 0.717) is 13.2 Å². The van der Waals surface area contributed by atoms with Crippen LogP contribution in [-0.4, -0.2) is 52.9 Å². The summed E-state index contributed by atoms with van der Waals surface area (Å²) in [6, 6.07) is 0. The summed E-state index contributed by atoms with van der Waals surface area (Å²) in [5.74, 6) is 0.130. The van der Waals surface area contributed by atoms with Gasteiger partial charge in [-0.05, 0) is 0 Å². The van der Waals surface area contributed by atoms with Crippen molar-refractivity contribution in [3.63, 3.8) is 0 Å². The van der Waals surface area contributed by atoms with E-state index in [1.54, 1.807) is 0 Å². The van der Waals surface area contributed by atoms with Crippen molar-refractivity contribution >= 4 is 5.78 Å². The molecule has 0 aliphatic rings. The number of likely N-dealkylation sites (N-methyl/N-ethyl adjacent to an activating group) is 1. The van der Waals surface area contributed by atoms with E-state index in [-0.39, 0.29) is 17.8 Å². The molecule has 0 aliphatic heterocycles. The average Bonchev–Trinajstić information content (AvgIpc) is 2.14. The van der Waals surface area contributed by atoms with Crippen molar-refractivity contribution in [2.45, 2.75) is 20.8 Å². The van der Waals surface area contributed by atoms with Crippen LogP contribution in [0.1, 0.15) is 20.8 Å². The number of hydrogen-bond donors (Lipinski definition) is 1. The first kappa shape index (κ1) is 15.6. The molecule has 0 bridgehead atoms. The van der Waals surface area contributed by atoms with E-state index >= 15 is 0 Å². The highest BCUT2D eigenvalue weighted by Gasteiger charge is 2.20. The summed E-state index contributed by atoms with van der Waals surface area (Å²) in [6.45, 7) is 8.65. The molecule has 1 N–H and O–H groups in total. The van der Waals surface area contributed by atoms with E-state index in [1.165, 1.54) is 4.90 Å². The van der Waals surface area contributed by atoms with Gasteiger partial charge in [-0.15, -0.1) is 0 Å². The monoisotopic (exact) mass is 232 g/mol. The second kappa shape index (κ2) is 7.76. The molecule has 0 spiro atoms. The van der Waals surface area contributed by atoms with Gasteiger partial charge in [-0.2, -0.15) is 0 Å². The van der Waals surface area contributed by atoms with Crippen LogP contribution in [0.2, 0.25) is 0 Å². The summed E-state index contributed by atoms with van der Waals surface area (Å²) >= 11 is 0. The van der Waals surface area contributed by atoms with E-state index in [9.17, 15) is 4.79 Å². The lowest BCUT2D eigenvalue weighted by atomic mass is 9.91. The van der Waals surface area contributed by atoms with Crippen molar-refractivity contribution < 1.29 is 19.2 Å². The molecule has 0 aromatic carbocycles. The summed E-state index contributed by atoms with van der Waals surface area (Å²) in [5, 5.41) is 0. The number of hydrogen-bond acceptors (Lipinski definition) is 3. The zero-order valence-electron chi connectivity index (χ0n) is 11.3. The van der Waals surface area contributed by atoms with Gasteiger partial charge >= 0.3 is 0 Å². The zero-order chi connectivity index (χ0) is 12.6. The minimum absolute atomic E-state index is 0.130. The van der Waals surface area contributed by atoms with Crippen LogP contribution < -0.4 is 4.90 Å². The molecule has 4 nitrogen and oxygen atoms in total. The van der Waals surface area contributed by atoms with E-state index < -0.39 is 0 Å². The standard InChI is InChI=1S/C12H25NO3/c1-12(2,3)11(14)10-16-9-8-15-7-6-13(4)5/h6-10H2,1-5H3/p+1. The van der Waals surface area contributed by atoms with Gasteiger partial charge in [0.1, 0.15) is 13.2 Å². The lowest BCUT2D eigenvalue weighted by molar-refractivity contribution is -0.858. The third kappa shape index (κ3) is 8.83. The van der Waals surface area contributed by atoms with Crippen LogP contribution in [-0.2, 0) is 14.3 Å². The van der Waals surface area contributed by atoms with Gasteiger partial charge in [-0.1, -0.05) is 20.8 Å². The number of ether oxygens (including phenoxy) is 2. The fourth-order valence-electron chi connectivity index (χ4n) is 0.878. The molecule has 0 saturated carbocycles. The van der Waals surface area contributed by atoms with Crippen LogP contribution in [0.5, 0.6) is 0 Å². The second-order valence-corrected chi connectivity index (χ2v) is 5.30. The topological polar surface area (TPSA) is 40.0 Å². The van der Waals surface area contributed by atoms with Crippen molar-refractivity contribution in [2.75, 3.05) is 47.1 Å². The molecule has 0 unspecified atom stereocenters. The Balaban J connectivity index is 3.31. The van der Waals surface area contributed by atoms with Gasteiger partial charge in [-0.3, -0.25) is 4.79 Å². The van der Waals surface area contributed by atoms with Gasteiger partial charge in [0.25, 0.3) is 0 Å². The molecule has 0 rings (SSSR count). The van der Waals surface area contributed by atoms with Crippen molar-refractivity contribution in [3.8, 4) is 0 Å². The first-order valence-corrected chi connectivity index (χ1v) is 5.82. The molecule has 16 heavy (non-hydrogen) atoms. The highest BCUT2D eigenvalue weighted by atomic mass is 16.5. The van der Waals surface area contributed by atoms with Gasteiger partial charge in [0.05, 0.1) is 33.9 Å². The Morgan fingerprint density at radius 1 is 1.06 bits per heavy atom. The Morgan fingerprint density at radius 3 is 2.12 bits per heavy atom. The average molecular weight is 232 g/mol. The fourth-order valence-corrected chi connectivity index (χ4v) is 0.878. The van der Waals surface area contributed by atoms with Crippen molar-refractivity contribution in [3.05, 3.63) is 0 Å². The third-order valence-corrected chi connectivity index (χ3v) is 2.19. The van der Waals surface area contributed by atoms with Crippen molar-refractivity contribution in [2.24, 2.45) is 5.41 Å². The molecule has 4 heteroatoms. The number of quaternary nitrogens is 1. The van der Waals surface area contributed by atoms with Gasteiger partial charge in [0.15, 0.2) is 5.78 Å². The summed E-state index contributed by atoms with van der Waals surface area (Å²) < 4.78 is 10.6. The normalized spacial score (nSPS) is 12.1. The Labute approximate surface area is 98.9 Å². The molecule has 0 saturated heterocycles. The minimum Gasteiger partial charge on any atom is -0.373 e. The molecule has 0 atom stereocenters. The van der Waals surface area contributed by atoms with Crippen LogP contribution >= 0.6 is 0 Å². The molecule has 0 radical (unpaired) electrons. The smallest absolute Gasteiger partial charge is 0.163 e. The van der Waals surface area contributed by atoms with Crippen molar-refractivity contribution in [1.82, 2.24) is 0 Å². The number of Topliss-reactive ketones (excluding diaryl/α,β-unsaturated/α-hetero) is 1. The Bertz CT molecular complexity index is 197. The molecule has 0 heterocycles. The fraction of sp³-hybridized carbons (Fsp3) is 0.917. The predicted octanol–water partition coefficient (Wildman–Crippen LogP) is -0.221. The number of carbonyl (C=O) groups excluding carboxylic acids is 1. The Hall–Kier alpha value is -0.450. The summed E-state index contributed by atoms with van der Waals surface area (Å²) in [6.07, 6.45) is 0. The number of nitrogens with one attached hydrogen (secondary N) is 1. The van der Waals surface area contributed by atoms with E-state index in [1.807, 2.05) is 20.8 Å². The number of ketones is 1. The summed E-state index contributed by atoms with van der Waals surface area (Å²) in [5.41, 5.74) is -0.310. The van der Waals surface area contributed by atoms with Crippen molar-refractivity contribution in [1.29, 1.82) is 0 Å². The SMILES string of the molecule is C[NH+](C)CCOCCOCC(=O)C(C)(C)C. The zero-order valence-corrected chi connectivity index (χ0v) is 11.3. The molecule has 0 aliphatic carbocycles. The summed E-state index contributed by atoms with van der Waals surface area (Å²) in [4.78, 5) is 12.8. The Morgan fingerprint density at radius 2 is 1.62 bits per heavy atom. The maximum absolute atomic E-state index is 11.5. The molecule has 96 valence electrons. The highest BCUT2D eigenvalue weighted by molar-refractivity contribution is 5.84. The Kier molecular flexibility index (Phi) is 7.55. The molecule has 0 amide bonds. The van der Waals surface area contributed by atoms with E-state index in [2.05, 4.69) is 14.1 Å². The lowest BCUT2D eigenvalue weighted by Gasteiger charge is -2.16. The van der Waals surface area contributed by atoms with E-state index in [4.69, 9.17) is 9.47 Å². The number of rotatable bonds is 8. The quantitative estimate of drug-likeness (QED) is 0.588. The van der Waals surface area contributed by atoms with E-state index in [0.717, 1.165) is 13.2 Å². The van der Waals surface area contributed by atoms with Gasteiger partial charge in [0, 0.05) is 5.41 Å². The van der Waals surface area contributed by atoms with Gasteiger partial charge in [-0.25, -0.2) is 0 Å². The first-order valence-electron chi connectivity index (χ1n) is 5.82. The molecular formula is C12H26NO3+. The molecule has 0 aromatic heterocycles. The van der Waals surface area contributed by atoms with Crippen LogP contribution in [0.25, 0.3) is 0 Å². The molecule has 0 fully saturated rings. The second-order valence-electron chi connectivity index (χ2n) is 5.30. The third-order valence-electron chi connectivity index (χ3n) is 2.19.